The second-order valence-corrected chi connectivity index (χ2v) is 6.78. The molecule has 7 nitrogen and oxygen atoms in total. The Balaban J connectivity index is 1.62. The van der Waals surface area contributed by atoms with Crippen LogP contribution in [-0.2, 0) is 11.3 Å². The van der Waals surface area contributed by atoms with E-state index in [1.807, 2.05) is 0 Å². The highest BCUT2D eigenvalue weighted by atomic mass is 16.2. The summed E-state index contributed by atoms with van der Waals surface area (Å²) in [5.74, 6) is 0.00446. The van der Waals surface area contributed by atoms with E-state index >= 15 is 0 Å². The van der Waals surface area contributed by atoms with E-state index in [0.29, 0.717) is 23.4 Å². The molecule has 1 aliphatic heterocycles. The maximum absolute atomic E-state index is 12.4. The number of fused-ring (bicyclic) bond motifs is 1. The average molecular weight is 344 g/mol. The molecule has 1 aromatic carbocycles. The fourth-order valence-corrected chi connectivity index (χ4v) is 3.30. The maximum atomic E-state index is 12.4. The number of nitrogens with zero attached hydrogens (tertiary/aromatic N) is 2. The fourth-order valence-electron chi connectivity index (χ4n) is 3.30. The average Bonchev–Trinajstić information content (AvgIpc) is 3.10. The summed E-state index contributed by atoms with van der Waals surface area (Å²) in [6, 6.07) is 6.78. The summed E-state index contributed by atoms with van der Waals surface area (Å²) in [6.07, 6.45) is 2.49. The molecule has 2 N–H and O–H groups in total. The van der Waals surface area contributed by atoms with E-state index < -0.39 is 11.2 Å². The zero-order valence-electron chi connectivity index (χ0n) is 14.5. The van der Waals surface area contributed by atoms with Gasteiger partial charge in [-0.3, -0.25) is 14.2 Å². The first kappa shape index (κ1) is 17.4. The zero-order valence-corrected chi connectivity index (χ0v) is 14.5. The molecule has 0 radical (unpaired) electrons. The van der Waals surface area contributed by atoms with E-state index in [2.05, 4.69) is 22.1 Å². The Hall–Kier alpha value is -2.41. The molecule has 134 valence electrons. The lowest BCUT2D eigenvalue weighted by molar-refractivity contribution is -0.121. The summed E-state index contributed by atoms with van der Waals surface area (Å²) < 4.78 is 0.947. The molecule has 3 rings (SSSR count). The first-order valence-corrected chi connectivity index (χ1v) is 8.75. The third kappa shape index (κ3) is 4.17. The number of hydrogen-bond acceptors (Lipinski definition) is 4. The van der Waals surface area contributed by atoms with Gasteiger partial charge < -0.3 is 15.2 Å². The van der Waals surface area contributed by atoms with Gasteiger partial charge in [-0.15, -0.1) is 0 Å². The lowest BCUT2D eigenvalue weighted by Gasteiger charge is -2.20. The highest BCUT2D eigenvalue weighted by Crippen LogP contribution is 2.09. The van der Waals surface area contributed by atoms with Gasteiger partial charge in [0.15, 0.2) is 0 Å². The number of amides is 1. The largest absolute Gasteiger partial charge is 0.354 e. The van der Waals surface area contributed by atoms with Crippen molar-refractivity contribution < 1.29 is 4.79 Å². The maximum Gasteiger partial charge on any atom is 0.329 e. The van der Waals surface area contributed by atoms with Crippen molar-refractivity contribution in [1.82, 2.24) is 19.8 Å². The topological polar surface area (TPSA) is 87.2 Å². The molecule has 1 atom stereocenters. The smallest absolute Gasteiger partial charge is 0.329 e. The third-order valence-electron chi connectivity index (χ3n) is 4.61. The van der Waals surface area contributed by atoms with Gasteiger partial charge in [-0.1, -0.05) is 19.1 Å². The lowest BCUT2D eigenvalue weighted by atomic mass is 10.1. The van der Waals surface area contributed by atoms with Crippen molar-refractivity contribution in [3.8, 4) is 0 Å². The first-order valence-electron chi connectivity index (χ1n) is 8.75. The van der Waals surface area contributed by atoms with Crippen LogP contribution in [0, 0.1) is 5.92 Å². The van der Waals surface area contributed by atoms with Gasteiger partial charge in [0, 0.05) is 13.1 Å². The minimum Gasteiger partial charge on any atom is -0.354 e. The minimum absolute atomic E-state index is 0.268. The number of aromatic nitrogens is 2. The fraction of sp³-hybridized carbons (Fsp3) is 0.500. The molecule has 0 saturated carbocycles. The van der Waals surface area contributed by atoms with Crippen molar-refractivity contribution in [2.24, 2.45) is 5.92 Å². The molecule has 7 heteroatoms. The van der Waals surface area contributed by atoms with Crippen molar-refractivity contribution in [2.45, 2.75) is 26.3 Å². The number of aromatic amines is 1. The van der Waals surface area contributed by atoms with Gasteiger partial charge in [0.2, 0.25) is 5.91 Å². The van der Waals surface area contributed by atoms with Gasteiger partial charge in [-0.25, -0.2) is 4.79 Å². The number of nitrogens with one attached hydrogen (secondary N) is 2. The van der Waals surface area contributed by atoms with Crippen LogP contribution in [0.2, 0.25) is 0 Å². The van der Waals surface area contributed by atoms with Crippen molar-refractivity contribution >= 4 is 16.8 Å². The van der Waals surface area contributed by atoms with Gasteiger partial charge in [0.05, 0.1) is 10.9 Å². The number of H-pyrrole nitrogens is 1. The van der Waals surface area contributed by atoms with Crippen molar-refractivity contribution in [3.05, 3.63) is 45.1 Å². The Bertz CT molecular complexity index is 864. The Morgan fingerprint density at radius 2 is 1.96 bits per heavy atom. The van der Waals surface area contributed by atoms with Crippen molar-refractivity contribution in [2.75, 3.05) is 26.2 Å². The molecule has 1 unspecified atom stereocenters. The molecule has 1 fully saturated rings. The van der Waals surface area contributed by atoms with Crippen LogP contribution in [0.5, 0.6) is 0 Å². The quantitative estimate of drug-likeness (QED) is 0.801. The van der Waals surface area contributed by atoms with Crippen LogP contribution in [0.4, 0.5) is 0 Å². The molecule has 0 aliphatic carbocycles. The zero-order chi connectivity index (χ0) is 17.8. The van der Waals surface area contributed by atoms with E-state index in [-0.39, 0.29) is 12.5 Å². The molecule has 0 bridgehead atoms. The standard InChI is InChI=1S/C18H24N4O3/c1-13(11-21-8-4-5-9-21)10-19-16(23)12-22-17(24)14-6-2-3-7-15(14)20-18(22)25/h2-3,6-7,13H,4-5,8-12H2,1H3,(H,19,23)(H,20,25). The number of rotatable bonds is 6. The van der Waals surface area contributed by atoms with Gasteiger partial charge in [-0.05, 0) is 44.0 Å². The molecule has 25 heavy (non-hydrogen) atoms. The van der Waals surface area contributed by atoms with Gasteiger partial charge in [-0.2, -0.15) is 0 Å². The van der Waals surface area contributed by atoms with Crippen LogP contribution in [0.25, 0.3) is 10.9 Å². The van der Waals surface area contributed by atoms with Crippen molar-refractivity contribution in [1.29, 1.82) is 0 Å². The summed E-state index contributed by atoms with van der Waals surface area (Å²) in [5.41, 5.74) is -0.531. The summed E-state index contributed by atoms with van der Waals surface area (Å²) in [4.78, 5) is 41.7. The van der Waals surface area contributed by atoms with Gasteiger partial charge >= 0.3 is 5.69 Å². The Labute approximate surface area is 145 Å². The first-order chi connectivity index (χ1) is 12.0. The van der Waals surface area contributed by atoms with Gasteiger partial charge in [0.25, 0.3) is 5.56 Å². The van der Waals surface area contributed by atoms with Crippen LogP contribution >= 0.6 is 0 Å². The summed E-state index contributed by atoms with van der Waals surface area (Å²) in [6.45, 7) is 5.57. The molecule has 2 aromatic rings. The van der Waals surface area contributed by atoms with E-state index in [4.69, 9.17) is 0 Å². The second kappa shape index (κ2) is 7.65. The molecule has 1 aromatic heterocycles. The number of likely N-dealkylation sites (tertiary alicyclic amines) is 1. The number of carbonyl (C=O) groups is 1. The highest BCUT2D eigenvalue weighted by molar-refractivity contribution is 5.78. The Kier molecular flexibility index (Phi) is 5.33. The normalized spacial score (nSPS) is 16.2. The number of benzene rings is 1. The number of para-hydroxylation sites is 1. The van der Waals surface area contributed by atoms with Crippen LogP contribution in [-0.4, -0.2) is 46.5 Å². The predicted molar refractivity (Wildman–Crippen MR) is 96.7 cm³/mol. The molecule has 1 amide bonds. The molecular formula is C18H24N4O3. The van der Waals surface area contributed by atoms with Crippen molar-refractivity contribution in [3.63, 3.8) is 0 Å². The van der Waals surface area contributed by atoms with E-state index in [9.17, 15) is 14.4 Å². The minimum atomic E-state index is -0.566. The van der Waals surface area contributed by atoms with E-state index in [1.54, 1.807) is 24.3 Å². The van der Waals surface area contributed by atoms with E-state index in [0.717, 1.165) is 24.2 Å². The lowest BCUT2D eigenvalue weighted by Crippen LogP contribution is -2.42. The third-order valence-corrected chi connectivity index (χ3v) is 4.61. The summed E-state index contributed by atoms with van der Waals surface area (Å²) >= 11 is 0. The molecular weight excluding hydrogens is 320 g/mol. The Morgan fingerprint density at radius 3 is 2.72 bits per heavy atom. The van der Waals surface area contributed by atoms with Crippen LogP contribution in [0.1, 0.15) is 19.8 Å². The SMILES string of the molecule is CC(CNC(=O)Cn1c(=O)[nH]c2ccccc2c1=O)CN1CCCC1. The highest BCUT2D eigenvalue weighted by Gasteiger charge is 2.16. The predicted octanol–water partition coefficient (Wildman–Crippen LogP) is 0.538. The number of carbonyl (C=O) groups excluding carboxylic acids is 1. The number of hydrogen-bond donors (Lipinski definition) is 2. The Morgan fingerprint density at radius 1 is 1.24 bits per heavy atom. The van der Waals surface area contributed by atoms with Crippen LogP contribution in [0.15, 0.2) is 33.9 Å². The summed E-state index contributed by atoms with van der Waals surface area (Å²) in [7, 11) is 0. The monoisotopic (exact) mass is 344 g/mol. The van der Waals surface area contributed by atoms with Crippen LogP contribution < -0.4 is 16.6 Å². The van der Waals surface area contributed by atoms with Crippen LogP contribution in [0.3, 0.4) is 0 Å². The molecule has 0 spiro atoms. The van der Waals surface area contributed by atoms with E-state index in [1.165, 1.54) is 12.8 Å². The molecule has 1 aliphatic rings. The molecule has 2 heterocycles. The second-order valence-electron chi connectivity index (χ2n) is 6.78. The molecule has 1 saturated heterocycles. The summed E-state index contributed by atoms with van der Waals surface area (Å²) in [5, 5.41) is 3.23. The van der Waals surface area contributed by atoms with Gasteiger partial charge in [0.1, 0.15) is 6.54 Å².